The number of aryl methyl sites for hydroxylation is 1. The van der Waals surface area contributed by atoms with Crippen LogP contribution in [0.3, 0.4) is 0 Å². The van der Waals surface area contributed by atoms with Crippen LogP contribution in [0.25, 0.3) is 0 Å². The molecule has 1 aliphatic heterocycles. The van der Waals surface area contributed by atoms with Crippen molar-refractivity contribution in [2.45, 2.75) is 59.4 Å². The molecule has 0 amide bonds. The second kappa shape index (κ2) is 11.4. The van der Waals surface area contributed by atoms with Gasteiger partial charge in [-0.3, -0.25) is 4.90 Å². The highest BCUT2D eigenvalue weighted by molar-refractivity contribution is 7.11. The maximum atomic E-state index is 5.88. The van der Waals surface area contributed by atoms with E-state index < -0.39 is 0 Å². The van der Waals surface area contributed by atoms with Gasteiger partial charge in [0.05, 0.1) is 23.8 Å². The summed E-state index contributed by atoms with van der Waals surface area (Å²) in [6.45, 7) is 13.7. The standard InChI is InChI=1S/C23H35N5OS/c1-5-24-23(25-11-10-22-26-12-19(4)30-22)27-13-20-8-6-7-9-21(20)16-28-14-17(2)29-18(3)15-28/h6-9,12,17-18H,5,10-11,13-16H2,1-4H3,(H2,24,25,27). The van der Waals surface area contributed by atoms with Crippen molar-refractivity contribution in [2.75, 3.05) is 26.2 Å². The van der Waals surface area contributed by atoms with Crippen LogP contribution in [0.5, 0.6) is 0 Å². The Bertz CT molecular complexity index is 811. The van der Waals surface area contributed by atoms with Gasteiger partial charge < -0.3 is 15.4 Å². The lowest BCUT2D eigenvalue weighted by Crippen LogP contribution is -2.44. The van der Waals surface area contributed by atoms with Gasteiger partial charge in [-0.1, -0.05) is 24.3 Å². The first-order chi connectivity index (χ1) is 14.5. The summed E-state index contributed by atoms with van der Waals surface area (Å²) >= 11 is 1.76. The molecule has 1 fully saturated rings. The molecule has 1 aromatic heterocycles. The van der Waals surface area contributed by atoms with Crippen LogP contribution in [0.1, 0.15) is 41.8 Å². The minimum Gasteiger partial charge on any atom is -0.373 e. The Kier molecular flexibility index (Phi) is 8.66. The molecule has 3 rings (SSSR count). The molecule has 164 valence electrons. The first-order valence-electron chi connectivity index (χ1n) is 10.9. The second-order valence-corrected chi connectivity index (χ2v) is 9.28. The van der Waals surface area contributed by atoms with Crippen LogP contribution in [0.4, 0.5) is 0 Å². The predicted octanol–water partition coefficient (Wildman–Crippen LogP) is 3.36. The number of hydrogen-bond donors (Lipinski definition) is 2. The lowest BCUT2D eigenvalue weighted by molar-refractivity contribution is -0.0705. The minimum absolute atomic E-state index is 0.283. The van der Waals surface area contributed by atoms with Crippen molar-refractivity contribution in [3.05, 3.63) is 51.5 Å². The fourth-order valence-corrected chi connectivity index (χ4v) is 4.62. The number of ether oxygens (including phenoxy) is 1. The summed E-state index contributed by atoms with van der Waals surface area (Å²) in [5, 5.41) is 7.95. The number of guanidine groups is 1. The van der Waals surface area contributed by atoms with Crippen molar-refractivity contribution in [1.29, 1.82) is 0 Å². The van der Waals surface area contributed by atoms with Gasteiger partial charge in [0.1, 0.15) is 0 Å². The maximum absolute atomic E-state index is 5.88. The molecule has 2 heterocycles. The lowest BCUT2D eigenvalue weighted by atomic mass is 10.1. The molecule has 2 aromatic rings. The van der Waals surface area contributed by atoms with E-state index in [0.29, 0.717) is 6.54 Å². The molecule has 0 radical (unpaired) electrons. The largest absolute Gasteiger partial charge is 0.373 e. The fraction of sp³-hybridized carbons (Fsp3) is 0.565. The molecule has 0 bridgehead atoms. The number of morpholine rings is 1. The van der Waals surface area contributed by atoms with E-state index in [2.05, 4.69) is 72.5 Å². The zero-order valence-electron chi connectivity index (χ0n) is 18.6. The molecule has 6 nitrogen and oxygen atoms in total. The van der Waals surface area contributed by atoms with Crippen molar-refractivity contribution >= 4 is 17.3 Å². The van der Waals surface area contributed by atoms with Gasteiger partial charge >= 0.3 is 0 Å². The molecule has 2 atom stereocenters. The molecule has 1 saturated heterocycles. The molecule has 2 N–H and O–H groups in total. The third-order valence-corrected chi connectivity index (χ3v) is 6.03. The van der Waals surface area contributed by atoms with E-state index >= 15 is 0 Å². The maximum Gasteiger partial charge on any atom is 0.191 e. The summed E-state index contributed by atoms with van der Waals surface area (Å²) in [4.78, 5) is 13.0. The topological polar surface area (TPSA) is 61.8 Å². The number of aliphatic imine (C=N–C) groups is 1. The molecule has 0 aliphatic carbocycles. The third kappa shape index (κ3) is 7.07. The lowest BCUT2D eigenvalue weighted by Gasteiger charge is -2.35. The highest BCUT2D eigenvalue weighted by atomic mass is 32.1. The van der Waals surface area contributed by atoms with Gasteiger partial charge in [0.25, 0.3) is 0 Å². The summed E-state index contributed by atoms with van der Waals surface area (Å²) in [7, 11) is 0. The summed E-state index contributed by atoms with van der Waals surface area (Å²) < 4.78 is 5.88. The van der Waals surface area contributed by atoms with Crippen molar-refractivity contribution in [1.82, 2.24) is 20.5 Å². The van der Waals surface area contributed by atoms with E-state index in [1.807, 2.05) is 6.20 Å². The first-order valence-corrected chi connectivity index (χ1v) is 11.7. The predicted molar refractivity (Wildman–Crippen MR) is 125 cm³/mol. The van der Waals surface area contributed by atoms with E-state index in [0.717, 1.165) is 50.1 Å². The zero-order valence-corrected chi connectivity index (χ0v) is 19.5. The van der Waals surface area contributed by atoms with E-state index in [1.165, 1.54) is 16.0 Å². The van der Waals surface area contributed by atoms with Crippen LogP contribution < -0.4 is 10.6 Å². The average molecular weight is 430 g/mol. The molecule has 2 unspecified atom stereocenters. The quantitative estimate of drug-likeness (QED) is 0.498. The zero-order chi connectivity index (χ0) is 21.3. The Labute approximate surface area is 184 Å². The third-order valence-electron chi connectivity index (χ3n) is 5.06. The van der Waals surface area contributed by atoms with Gasteiger partial charge in [-0.15, -0.1) is 11.3 Å². The normalized spacial score (nSPS) is 20.3. The van der Waals surface area contributed by atoms with E-state index in [-0.39, 0.29) is 12.2 Å². The molecule has 0 spiro atoms. The van der Waals surface area contributed by atoms with E-state index in [1.54, 1.807) is 11.3 Å². The van der Waals surface area contributed by atoms with Crippen LogP contribution in [-0.2, 0) is 24.2 Å². The SMILES string of the molecule is CCNC(=NCc1ccccc1CN1CC(C)OC(C)C1)NCCc1ncc(C)s1. The molecule has 1 aromatic carbocycles. The molecule has 30 heavy (non-hydrogen) atoms. The fourth-order valence-electron chi connectivity index (χ4n) is 3.83. The first kappa shape index (κ1) is 22.7. The van der Waals surface area contributed by atoms with Crippen molar-refractivity contribution in [2.24, 2.45) is 4.99 Å². The number of thiazole rings is 1. The minimum atomic E-state index is 0.283. The number of nitrogens with zero attached hydrogens (tertiary/aromatic N) is 3. The Balaban J connectivity index is 1.59. The van der Waals surface area contributed by atoms with Crippen LogP contribution >= 0.6 is 11.3 Å². The summed E-state index contributed by atoms with van der Waals surface area (Å²) in [6, 6.07) is 8.63. The van der Waals surface area contributed by atoms with Gasteiger partial charge in [0.2, 0.25) is 0 Å². The summed E-state index contributed by atoms with van der Waals surface area (Å²) in [6.07, 6.45) is 3.41. The number of aromatic nitrogens is 1. The molecule has 1 aliphatic rings. The molecular formula is C23H35N5OS. The molecule has 7 heteroatoms. The Morgan fingerprint density at radius 2 is 1.93 bits per heavy atom. The Hall–Kier alpha value is -1.96. The number of nitrogens with one attached hydrogen (secondary N) is 2. The van der Waals surface area contributed by atoms with Crippen LogP contribution in [-0.4, -0.2) is 54.2 Å². The van der Waals surface area contributed by atoms with Crippen molar-refractivity contribution < 1.29 is 4.74 Å². The van der Waals surface area contributed by atoms with Crippen LogP contribution in [0, 0.1) is 6.92 Å². The van der Waals surface area contributed by atoms with E-state index in [9.17, 15) is 0 Å². The van der Waals surface area contributed by atoms with Gasteiger partial charge in [-0.05, 0) is 38.8 Å². The number of hydrogen-bond acceptors (Lipinski definition) is 5. The Morgan fingerprint density at radius 3 is 2.60 bits per heavy atom. The smallest absolute Gasteiger partial charge is 0.191 e. The highest BCUT2D eigenvalue weighted by Gasteiger charge is 2.22. The van der Waals surface area contributed by atoms with Gasteiger partial charge in [0.15, 0.2) is 5.96 Å². The van der Waals surface area contributed by atoms with Crippen molar-refractivity contribution in [3.63, 3.8) is 0 Å². The monoisotopic (exact) mass is 429 g/mol. The summed E-state index contributed by atoms with van der Waals surface area (Å²) in [5.41, 5.74) is 2.62. The molecular weight excluding hydrogens is 394 g/mol. The van der Waals surface area contributed by atoms with Gasteiger partial charge in [0, 0.05) is 50.2 Å². The summed E-state index contributed by atoms with van der Waals surface area (Å²) in [5.74, 6) is 0.856. The average Bonchev–Trinajstić information content (AvgIpc) is 3.11. The Morgan fingerprint density at radius 1 is 1.20 bits per heavy atom. The van der Waals surface area contributed by atoms with Crippen LogP contribution in [0.15, 0.2) is 35.5 Å². The van der Waals surface area contributed by atoms with Crippen molar-refractivity contribution in [3.8, 4) is 0 Å². The second-order valence-electron chi connectivity index (χ2n) is 7.96. The number of rotatable bonds is 8. The van der Waals surface area contributed by atoms with Gasteiger partial charge in [-0.25, -0.2) is 9.98 Å². The van der Waals surface area contributed by atoms with E-state index in [4.69, 9.17) is 9.73 Å². The van der Waals surface area contributed by atoms with Crippen LogP contribution in [0.2, 0.25) is 0 Å². The number of benzene rings is 1. The van der Waals surface area contributed by atoms with Gasteiger partial charge in [-0.2, -0.15) is 0 Å². The molecule has 0 saturated carbocycles. The highest BCUT2D eigenvalue weighted by Crippen LogP contribution is 2.17.